The second-order valence-electron chi connectivity index (χ2n) is 15.5. The number of Topliss-reactive ketones (excluding diaryl/α,β-unsaturated/α-hetero) is 3. The zero-order valence-electron chi connectivity index (χ0n) is 34.1. The summed E-state index contributed by atoms with van der Waals surface area (Å²) in [6.45, 7) is 5.30. The van der Waals surface area contributed by atoms with Crippen molar-refractivity contribution in [1.82, 2.24) is 29.9 Å². The summed E-state index contributed by atoms with van der Waals surface area (Å²) in [5, 5.41) is 0. The van der Waals surface area contributed by atoms with Gasteiger partial charge in [0, 0.05) is 32.7 Å². The lowest BCUT2D eigenvalue weighted by Gasteiger charge is -2.25. The molecule has 0 saturated heterocycles. The van der Waals surface area contributed by atoms with Crippen LogP contribution in [0.2, 0.25) is 0 Å². The molecule has 9 rings (SSSR count). The van der Waals surface area contributed by atoms with Gasteiger partial charge in [-0.3, -0.25) is 14.4 Å². The van der Waals surface area contributed by atoms with E-state index in [-0.39, 0.29) is 70.4 Å². The van der Waals surface area contributed by atoms with Gasteiger partial charge in [-0.2, -0.15) is 0 Å². The number of aromatic nitrogens is 6. The zero-order chi connectivity index (χ0) is 45.4. The molecule has 3 aromatic heterocycles. The number of benzene rings is 3. The highest BCUT2D eigenvalue weighted by Crippen LogP contribution is 2.39. The molecule has 0 bridgehead atoms. The number of ketones is 3. The lowest BCUT2D eigenvalue weighted by atomic mass is 9.81. The van der Waals surface area contributed by atoms with Crippen LogP contribution in [0.15, 0.2) is 68.0 Å². The summed E-state index contributed by atoms with van der Waals surface area (Å²) in [5.41, 5.74) is 25.4. The molecule has 0 radical (unpaired) electrons. The van der Waals surface area contributed by atoms with Gasteiger partial charge in [0.05, 0.1) is 50.9 Å². The van der Waals surface area contributed by atoms with Crippen molar-refractivity contribution in [3.8, 4) is 0 Å². The van der Waals surface area contributed by atoms with Crippen molar-refractivity contribution < 1.29 is 27.6 Å². The van der Waals surface area contributed by atoms with Gasteiger partial charge in [0.25, 0.3) is 0 Å². The Morgan fingerprint density at radius 3 is 0.937 bits per heavy atom. The molecule has 0 fully saturated rings. The van der Waals surface area contributed by atoms with E-state index in [0.29, 0.717) is 103 Å². The summed E-state index contributed by atoms with van der Waals surface area (Å²) in [6.07, 6.45) is 2.89. The Kier molecular flexibility index (Phi) is 13.5. The molecule has 0 saturated carbocycles. The van der Waals surface area contributed by atoms with E-state index in [0.717, 1.165) is 16.7 Å². The molecule has 3 aliphatic carbocycles. The standard InChI is InChI=1S/3C15H13BrFN3O/c3*1-7-14-12(20-15(18)19-7)4-8(5-13(14)21)10-3-2-9(17)6-11(10)16/h3*2-3,6,8H,4-5H2,1H3,(H2,18,19,20)/t2*8-;/m10./s1. The van der Waals surface area contributed by atoms with Crippen molar-refractivity contribution in [3.63, 3.8) is 0 Å². The maximum Gasteiger partial charge on any atom is 0.220 e. The minimum Gasteiger partial charge on any atom is -0.368 e. The number of aryl methyl sites for hydroxylation is 3. The first-order valence-corrected chi connectivity index (χ1v) is 22.1. The average molecular weight is 1050 g/mol. The second kappa shape index (κ2) is 18.7. The quantitative estimate of drug-likeness (QED) is 0.152. The third-order valence-electron chi connectivity index (χ3n) is 11.2. The summed E-state index contributed by atoms with van der Waals surface area (Å²) in [4.78, 5) is 61.9. The molecule has 18 heteroatoms. The van der Waals surface area contributed by atoms with Crippen LogP contribution in [0.1, 0.15) is 119 Å². The van der Waals surface area contributed by atoms with E-state index in [1.807, 2.05) is 0 Å². The van der Waals surface area contributed by atoms with Crippen LogP contribution in [0.25, 0.3) is 0 Å². The maximum absolute atomic E-state index is 13.2. The van der Waals surface area contributed by atoms with Gasteiger partial charge in [0.2, 0.25) is 17.8 Å². The van der Waals surface area contributed by atoms with Gasteiger partial charge in [0.1, 0.15) is 17.5 Å². The molecule has 3 aliphatic rings. The van der Waals surface area contributed by atoms with Crippen molar-refractivity contribution in [2.75, 3.05) is 17.2 Å². The van der Waals surface area contributed by atoms with Crippen molar-refractivity contribution in [3.05, 3.63) is 153 Å². The molecule has 0 amide bonds. The third kappa shape index (κ3) is 10.0. The molecule has 3 atom stereocenters. The highest BCUT2D eigenvalue weighted by atomic mass is 79.9. The topological polar surface area (TPSA) is 207 Å². The lowest BCUT2D eigenvalue weighted by Crippen LogP contribution is -2.23. The third-order valence-corrected chi connectivity index (χ3v) is 13.3. The molecule has 3 aromatic carbocycles. The van der Waals surface area contributed by atoms with Crippen LogP contribution in [0.3, 0.4) is 0 Å². The van der Waals surface area contributed by atoms with Gasteiger partial charge in [0.15, 0.2) is 17.3 Å². The molecular formula is C45H39Br3F3N9O3. The minimum absolute atomic E-state index is 0.00924. The van der Waals surface area contributed by atoms with Crippen molar-refractivity contribution in [1.29, 1.82) is 0 Å². The first kappa shape index (κ1) is 45.6. The van der Waals surface area contributed by atoms with Crippen LogP contribution in [0.4, 0.5) is 31.0 Å². The smallest absolute Gasteiger partial charge is 0.220 e. The number of nitrogens with zero attached hydrogens (tertiary/aromatic N) is 6. The predicted molar refractivity (Wildman–Crippen MR) is 242 cm³/mol. The monoisotopic (exact) mass is 1050 g/mol. The predicted octanol–water partition coefficient (Wildman–Crippen LogP) is 9.54. The van der Waals surface area contributed by atoms with Gasteiger partial charge >= 0.3 is 0 Å². The molecule has 3 heterocycles. The van der Waals surface area contributed by atoms with Gasteiger partial charge in [-0.1, -0.05) is 66.0 Å². The van der Waals surface area contributed by atoms with Crippen molar-refractivity contribution in [2.24, 2.45) is 0 Å². The molecular weight excluding hydrogens is 1010 g/mol. The number of nitrogen functional groups attached to an aromatic ring is 3. The highest BCUT2D eigenvalue weighted by Gasteiger charge is 2.33. The van der Waals surface area contributed by atoms with Crippen LogP contribution in [-0.2, 0) is 19.3 Å². The number of hydrogen-bond donors (Lipinski definition) is 3. The van der Waals surface area contributed by atoms with Crippen LogP contribution in [0.5, 0.6) is 0 Å². The highest BCUT2D eigenvalue weighted by molar-refractivity contribution is 9.11. The fraction of sp³-hybridized carbons (Fsp3) is 0.267. The number of anilines is 3. The number of carbonyl (C=O) groups is 3. The molecule has 324 valence electrons. The normalized spacial score (nSPS) is 17.7. The van der Waals surface area contributed by atoms with E-state index >= 15 is 0 Å². The Morgan fingerprint density at radius 1 is 0.444 bits per heavy atom. The average Bonchev–Trinajstić information content (AvgIpc) is 3.17. The molecule has 63 heavy (non-hydrogen) atoms. The Bertz CT molecular complexity index is 2550. The zero-order valence-corrected chi connectivity index (χ0v) is 38.8. The summed E-state index contributed by atoms with van der Waals surface area (Å²) in [5.74, 6) is -0.466. The summed E-state index contributed by atoms with van der Waals surface area (Å²) < 4.78 is 41.6. The number of rotatable bonds is 3. The SMILES string of the molecule is Cc1nc(N)nc2c1C(=O)CC(c1ccc(F)cc1Br)C2.Cc1nc(N)nc2c1C(=O)C[C@@H](c1ccc(F)cc1Br)C2.Cc1nc(N)nc2c1C(=O)C[C@H](c1ccc(F)cc1Br)C2. The van der Waals surface area contributed by atoms with Gasteiger partial charge < -0.3 is 17.2 Å². The van der Waals surface area contributed by atoms with Crippen LogP contribution in [0, 0.1) is 38.2 Å². The van der Waals surface area contributed by atoms with E-state index in [4.69, 9.17) is 17.2 Å². The summed E-state index contributed by atoms with van der Waals surface area (Å²) >= 11 is 10.1. The number of nitrogens with two attached hydrogens (primary N) is 3. The molecule has 0 spiro atoms. The van der Waals surface area contributed by atoms with Gasteiger partial charge in [-0.15, -0.1) is 0 Å². The van der Waals surface area contributed by atoms with Crippen LogP contribution < -0.4 is 17.2 Å². The van der Waals surface area contributed by atoms with E-state index in [1.54, 1.807) is 39.0 Å². The van der Waals surface area contributed by atoms with Crippen LogP contribution in [-0.4, -0.2) is 47.3 Å². The van der Waals surface area contributed by atoms with Gasteiger partial charge in [-0.25, -0.2) is 43.1 Å². The molecule has 0 aliphatic heterocycles. The number of fused-ring (bicyclic) bond motifs is 3. The Hall–Kier alpha value is -5.46. The Labute approximate surface area is 385 Å². The molecule has 6 N–H and O–H groups in total. The summed E-state index contributed by atoms with van der Waals surface area (Å²) in [6, 6.07) is 13.6. The van der Waals surface area contributed by atoms with E-state index in [9.17, 15) is 27.6 Å². The number of hydrogen-bond acceptors (Lipinski definition) is 12. The van der Waals surface area contributed by atoms with E-state index < -0.39 is 0 Å². The largest absolute Gasteiger partial charge is 0.368 e. The van der Waals surface area contributed by atoms with E-state index in [1.165, 1.54) is 36.4 Å². The fourth-order valence-electron chi connectivity index (χ4n) is 8.55. The lowest BCUT2D eigenvalue weighted by molar-refractivity contribution is 0.0953. The fourth-order valence-corrected chi connectivity index (χ4v) is 10.6. The Morgan fingerprint density at radius 2 is 0.698 bits per heavy atom. The molecule has 6 aromatic rings. The Balaban J connectivity index is 0.000000142. The summed E-state index contributed by atoms with van der Waals surface area (Å²) in [7, 11) is 0. The molecule has 1 unspecified atom stereocenters. The first-order chi connectivity index (χ1) is 29.9. The molecule has 12 nitrogen and oxygen atoms in total. The maximum atomic E-state index is 13.2. The minimum atomic E-state index is -0.310. The van der Waals surface area contributed by atoms with Gasteiger partial charge in [-0.05, 0) is 111 Å². The first-order valence-electron chi connectivity index (χ1n) is 19.7. The number of carbonyl (C=O) groups excluding carboxylic acids is 3. The van der Waals surface area contributed by atoms with Crippen molar-refractivity contribution in [2.45, 2.75) is 77.0 Å². The number of halogens is 6. The van der Waals surface area contributed by atoms with E-state index in [2.05, 4.69) is 77.7 Å². The van der Waals surface area contributed by atoms with Crippen LogP contribution >= 0.6 is 47.8 Å². The van der Waals surface area contributed by atoms with Crippen molar-refractivity contribution >= 4 is 83.0 Å². The second-order valence-corrected chi connectivity index (χ2v) is 18.1.